The molecule has 0 fully saturated rings. The Bertz CT molecular complexity index is 1190. The van der Waals surface area contributed by atoms with Crippen LogP contribution in [0.25, 0.3) is 0 Å². The third-order valence-corrected chi connectivity index (χ3v) is 4.88. The normalized spacial score (nSPS) is 10.9. The minimum atomic E-state index is -0.373. The summed E-state index contributed by atoms with van der Waals surface area (Å²) in [5, 5.41) is 8.35. The van der Waals surface area contributed by atoms with Crippen molar-refractivity contribution in [2.24, 2.45) is 5.10 Å². The Labute approximate surface area is 188 Å². The van der Waals surface area contributed by atoms with Crippen LogP contribution in [0.5, 0.6) is 11.5 Å². The summed E-state index contributed by atoms with van der Waals surface area (Å²) < 4.78 is 8.54. The van der Waals surface area contributed by atoms with E-state index in [4.69, 9.17) is 4.74 Å². The lowest BCUT2D eigenvalue weighted by Crippen LogP contribution is -2.18. The first-order valence-corrected chi connectivity index (χ1v) is 10.4. The van der Waals surface area contributed by atoms with Gasteiger partial charge in [-0.1, -0.05) is 58.4 Å². The molecule has 0 aliphatic heterocycles. The number of carbonyl (C=O) groups is 1. The van der Waals surface area contributed by atoms with E-state index in [0.29, 0.717) is 18.0 Å². The van der Waals surface area contributed by atoms with Crippen molar-refractivity contribution in [3.05, 3.63) is 112 Å². The Hall–Kier alpha value is -3.71. The van der Waals surface area contributed by atoms with Crippen LogP contribution < -0.4 is 10.2 Å². The third kappa shape index (κ3) is 5.90. The molecule has 1 aromatic heterocycles. The molecular weight excluding hydrogens is 456 g/mol. The zero-order valence-electron chi connectivity index (χ0n) is 16.5. The first-order valence-electron chi connectivity index (χ1n) is 9.60. The quantitative estimate of drug-likeness (QED) is 0.293. The molecule has 7 heteroatoms. The number of aromatic nitrogens is 2. The summed E-state index contributed by atoms with van der Waals surface area (Å²) in [4.78, 5) is 12.3. The molecular formula is C24H19BrN4O2. The molecule has 0 aliphatic carbocycles. The number of benzene rings is 3. The van der Waals surface area contributed by atoms with E-state index in [1.165, 1.54) is 0 Å². The van der Waals surface area contributed by atoms with Crippen molar-refractivity contribution in [2.75, 3.05) is 0 Å². The van der Waals surface area contributed by atoms with Gasteiger partial charge >= 0.3 is 0 Å². The molecule has 0 saturated heterocycles. The van der Waals surface area contributed by atoms with Crippen molar-refractivity contribution < 1.29 is 9.53 Å². The van der Waals surface area contributed by atoms with E-state index in [1.807, 2.05) is 78.9 Å². The van der Waals surface area contributed by atoms with Gasteiger partial charge in [-0.05, 0) is 53.6 Å². The summed E-state index contributed by atoms with van der Waals surface area (Å²) in [6.45, 7) is 0.581. The van der Waals surface area contributed by atoms with Gasteiger partial charge < -0.3 is 4.74 Å². The van der Waals surface area contributed by atoms with Gasteiger partial charge in [0.25, 0.3) is 5.91 Å². The summed E-state index contributed by atoms with van der Waals surface area (Å²) in [6, 6.07) is 26.6. The van der Waals surface area contributed by atoms with Crippen LogP contribution in [0.4, 0.5) is 0 Å². The molecule has 0 aliphatic rings. The van der Waals surface area contributed by atoms with E-state index in [9.17, 15) is 4.79 Å². The number of hydrogen-bond acceptors (Lipinski definition) is 4. The van der Waals surface area contributed by atoms with Crippen LogP contribution in [0, 0.1) is 0 Å². The van der Waals surface area contributed by atoms with E-state index in [0.717, 1.165) is 21.3 Å². The van der Waals surface area contributed by atoms with Crippen LogP contribution in [0.3, 0.4) is 0 Å². The maximum absolute atomic E-state index is 12.3. The molecule has 0 unspecified atom stereocenters. The van der Waals surface area contributed by atoms with E-state index in [1.54, 1.807) is 23.2 Å². The maximum Gasteiger partial charge on any atom is 0.291 e. The molecule has 1 amide bonds. The highest BCUT2D eigenvalue weighted by atomic mass is 79.9. The largest absolute Gasteiger partial charge is 0.457 e. The van der Waals surface area contributed by atoms with E-state index in [2.05, 4.69) is 31.6 Å². The van der Waals surface area contributed by atoms with Gasteiger partial charge in [-0.25, -0.2) is 5.43 Å². The van der Waals surface area contributed by atoms with Crippen LogP contribution >= 0.6 is 15.9 Å². The molecule has 6 nitrogen and oxygen atoms in total. The second-order valence-electron chi connectivity index (χ2n) is 6.71. The van der Waals surface area contributed by atoms with Gasteiger partial charge in [0.05, 0.1) is 12.8 Å². The van der Waals surface area contributed by atoms with Gasteiger partial charge in [0.2, 0.25) is 0 Å². The molecule has 1 heterocycles. The number of para-hydroxylation sites is 1. The van der Waals surface area contributed by atoms with Crippen LogP contribution in [0.1, 0.15) is 21.6 Å². The molecule has 4 aromatic rings. The lowest BCUT2D eigenvalue weighted by Gasteiger charge is -2.05. The van der Waals surface area contributed by atoms with E-state index in [-0.39, 0.29) is 5.91 Å². The topological polar surface area (TPSA) is 68.5 Å². The number of ether oxygens (including phenoxy) is 1. The summed E-state index contributed by atoms with van der Waals surface area (Å²) in [5.74, 6) is 1.07. The average molecular weight is 475 g/mol. The Morgan fingerprint density at radius 2 is 1.77 bits per heavy atom. The number of rotatable bonds is 7. The molecule has 4 rings (SSSR count). The van der Waals surface area contributed by atoms with E-state index < -0.39 is 0 Å². The van der Waals surface area contributed by atoms with Crippen molar-refractivity contribution in [1.29, 1.82) is 0 Å². The standard InChI is InChI=1S/C24H19BrN4O2/c25-20-11-9-18(10-12-20)17-29-14-13-23(28-29)24(30)27-26-16-19-5-4-8-22(15-19)31-21-6-2-1-3-7-21/h1-16H,17H2,(H,27,30). The smallest absolute Gasteiger partial charge is 0.291 e. The fourth-order valence-corrected chi connectivity index (χ4v) is 3.12. The molecule has 0 atom stereocenters. The molecule has 0 radical (unpaired) electrons. The number of halogens is 1. The van der Waals surface area contributed by atoms with Crippen molar-refractivity contribution in [1.82, 2.24) is 15.2 Å². The van der Waals surface area contributed by atoms with Gasteiger partial charge in [-0.15, -0.1) is 0 Å². The zero-order chi connectivity index (χ0) is 21.5. The van der Waals surface area contributed by atoms with Crippen molar-refractivity contribution >= 4 is 28.1 Å². The van der Waals surface area contributed by atoms with Crippen LogP contribution in [0.2, 0.25) is 0 Å². The SMILES string of the molecule is O=C(NN=Cc1cccc(Oc2ccccc2)c1)c1ccn(Cc2ccc(Br)cc2)n1. The second-order valence-corrected chi connectivity index (χ2v) is 7.63. The first-order chi connectivity index (χ1) is 15.2. The van der Waals surface area contributed by atoms with E-state index >= 15 is 0 Å². The van der Waals surface area contributed by atoms with Crippen LogP contribution in [-0.4, -0.2) is 21.9 Å². The number of hydrogen-bond donors (Lipinski definition) is 1. The summed E-state index contributed by atoms with van der Waals surface area (Å²) in [7, 11) is 0. The molecule has 0 spiro atoms. The Balaban J connectivity index is 1.34. The van der Waals surface area contributed by atoms with Crippen molar-refractivity contribution in [3.63, 3.8) is 0 Å². The van der Waals surface area contributed by atoms with Crippen LogP contribution in [-0.2, 0) is 6.54 Å². The number of nitrogens with zero attached hydrogens (tertiary/aromatic N) is 3. The Kier molecular flexibility index (Phi) is 6.54. The molecule has 3 aromatic carbocycles. The Morgan fingerprint density at radius 3 is 2.58 bits per heavy atom. The fourth-order valence-electron chi connectivity index (χ4n) is 2.85. The highest BCUT2D eigenvalue weighted by molar-refractivity contribution is 9.10. The van der Waals surface area contributed by atoms with Gasteiger partial charge in [0.15, 0.2) is 5.69 Å². The van der Waals surface area contributed by atoms with Gasteiger partial charge in [0.1, 0.15) is 11.5 Å². The van der Waals surface area contributed by atoms with Gasteiger partial charge in [-0.3, -0.25) is 9.48 Å². The average Bonchev–Trinajstić information content (AvgIpc) is 3.25. The third-order valence-electron chi connectivity index (χ3n) is 4.35. The lowest BCUT2D eigenvalue weighted by atomic mass is 10.2. The zero-order valence-corrected chi connectivity index (χ0v) is 18.1. The predicted octanol–water partition coefficient (Wildman–Crippen LogP) is 5.25. The second kappa shape index (κ2) is 9.86. The Morgan fingerprint density at radius 1 is 1.00 bits per heavy atom. The van der Waals surface area contributed by atoms with Crippen LogP contribution in [0.15, 0.2) is 101 Å². The molecule has 154 valence electrons. The highest BCUT2D eigenvalue weighted by Gasteiger charge is 2.08. The molecule has 0 bridgehead atoms. The van der Waals surface area contributed by atoms with Crippen molar-refractivity contribution in [3.8, 4) is 11.5 Å². The summed E-state index contributed by atoms with van der Waals surface area (Å²) in [6.07, 6.45) is 3.33. The fraction of sp³-hybridized carbons (Fsp3) is 0.0417. The van der Waals surface area contributed by atoms with Crippen molar-refractivity contribution in [2.45, 2.75) is 6.54 Å². The number of hydrazone groups is 1. The lowest BCUT2D eigenvalue weighted by molar-refractivity contribution is 0.0949. The minimum Gasteiger partial charge on any atom is -0.457 e. The molecule has 0 saturated carbocycles. The number of nitrogens with one attached hydrogen (secondary N) is 1. The molecule has 31 heavy (non-hydrogen) atoms. The maximum atomic E-state index is 12.3. The number of amides is 1. The highest BCUT2D eigenvalue weighted by Crippen LogP contribution is 2.21. The molecule has 1 N–H and O–H groups in total. The monoisotopic (exact) mass is 474 g/mol. The summed E-state index contributed by atoms with van der Waals surface area (Å²) >= 11 is 3.42. The predicted molar refractivity (Wildman–Crippen MR) is 123 cm³/mol. The first kappa shape index (κ1) is 20.6. The van der Waals surface area contributed by atoms with Gasteiger partial charge in [0, 0.05) is 10.7 Å². The minimum absolute atomic E-state index is 0.301. The van der Waals surface area contributed by atoms with Gasteiger partial charge in [-0.2, -0.15) is 10.2 Å². The number of carbonyl (C=O) groups excluding carboxylic acids is 1. The summed E-state index contributed by atoms with van der Waals surface area (Å²) in [5.41, 5.74) is 4.70.